The third-order valence-electron chi connectivity index (χ3n) is 5.33. The van der Waals surface area contributed by atoms with Crippen LogP contribution in [0.5, 0.6) is 5.75 Å². The summed E-state index contributed by atoms with van der Waals surface area (Å²) < 4.78 is 33.3. The van der Waals surface area contributed by atoms with E-state index in [9.17, 15) is 13.6 Å². The Morgan fingerprint density at radius 1 is 1.24 bits per heavy atom. The molecular formula is C23H22ClF2N5O2. The summed E-state index contributed by atoms with van der Waals surface area (Å²) in [6, 6.07) is 7.38. The summed E-state index contributed by atoms with van der Waals surface area (Å²) >= 11 is 5.86. The van der Waals surface area contributed by atoms with Gasteiger partial charge >= 0.3 is 0 Å². The largest absolute Gasteiger partial charge is 0.494 e. The van der Waals surface area contributed by atoms with Gasteiger partial charge in [0, 0.05) is 23.7 Å². The first-order valence-corrected chi connectivity index (χ1v) is 10.8. The van der Waals surface area contributed by atoms with Crippen LogP contribution in [0.15, 0.2) is 48.6 Å². The van der Waals surface area contributed by atoms with Crippen molar-refractivity contribution in [2.45, 2.75) is 12.8 Å². The standard InChI is InChI=1S/C23H22ClF2N5O2/c1-33-21-12-19-15(22(28-13-27-19)29-14-4-5-17(25)16(24)10-14)11-20(21)30-23(32)18(26)6-9-31-7-2-3-8-31/h4-6,10-13H,2-3,7-9H2,1H3,(H,30,32)(H,27,28,29). The number of likely N-dealkylation sites (tertiary alicyclic amines) is 1. The Kier molecular flexibility index (Phi) is 7.00. The van der Waals surface area contributed by atoms with Gasteiger partial charge in [0.1, 0.15) is 23.7 Å². The molecule has 10 heteroatoms. The van der Waals surface area contributed by atoms with Crippen molar-refractivity contribution < 1.29 is 18.3 Å². The van der Waals surface area contributed by atoms with Gasteiger partial charge in [-0.15, -0.1) is 0 Å². The number of benzene rings is 2. The lowest BCUT2D eigenvalue weighted by Crippen LogP contribution is -2.20. The Balaban J connectivity index is 1.60. The number of anilines is 3. The zero-order chi connectivity index (χ0) is 23.4. The average molecular weight is 474 g/mol. The van der Waals surface area contributed by atoms with Crippen LogP contribution in [0.3, 0.4) is 0 Å². The normalized spacial score (nSPS) is 14.5. The van der Waals surface area contributed by atoms with Crippen LogP contribution < -0.4 is 15.4 Å². The van der Waals surface area contributed by atoms with Crippen LogP contribution >= 0.6 is 11.6 Å². The minimum absolute atomic E-state index is 0.0378. The van der Waals surface area contributed by atoms with Gasteiger partial charge in [0.15, 0.2) is 5.83 Å². The number of rotatable bonds is 7. The van der Waals surface area contributed by atoms with E-state index in [-0.39, 0.29) is 10.7 Å². The number of hydrogen-bond acceptors (Lipinski definition) is 6. The maximum absolute atomic E-state index is 14.4. The van der Waals surface area contributed by atoms with Crippen molar-refractivity contribution in [1.82, 2.24) is 14.9 Å². The number of nitrogens with zero attached hydrogens (tertiary/aromatic N) is 3. The molecule has 0 bridgehead atoms. The molecule has 4 rings (SSSR count). The molecule has 0 saturated carbocycles. The van der Waals surface area contributed by atoms with Gasteiger partial charge in [0.2, 0.25) is 0 Å². The number of nitrogens with one attached hydrogen (secondary N) is 2. The minimum Gasteiger partial charge on any atom is -0.494 e. The predicted octanol–water partition coefficient (Wildman–Crippen LogP) is 5.06. The first-order chi connectivity index (χ1) is 15.9. The van der Waals surface area contributed by atoms with Crippen molar-refractivity contribution in [3.8, 4) is 5.75 Å². The molecule has 7 nitrogen and oxygen atoms in total. The predicted molar refractivity (Wildman–Crippen MR) is 124 cm³/mol. The fourth-order valence-electron chi connectivity index (χ4n) is 3.61. The lowest BCUT2D eigenvalue weighted by Gasteiger charge is -2.14. The highest BCUT2D eigenvalue weighted by molar-refractivity contribution is 6.31. The average Bonchev–Trinajstić information content (AvgIpc) is 3.33. The highest BCUT2D eigenvalue weighted by atomic mass is 35.5. The monoisotopic (exact) mass is 473 g/mol. The zero-order valence-electron chi connectivity index (χ0n) is 17.9. The molecule has 1 saturated heterocycles. The molecule has 0 radical (unpaired) electrons. The van der Waals surface area contributed by atoms with Crippen molar-refractivity contribution >= 4 is 45.6 Å². The zero-order valence-corrected chi connectivity index (χ0v) is 18.6. The van der Waals surface area contributed by atoms with Crippen molar-refractivity contribution in [2.75, 3.05) is 37.4 Å². The Morgan fingerprint density at radius 3 is 2.76 bits per heavy atom. The molecule has 3 aromatic rings. The molecular weight excluding hydrogens is 452 g/mol. The highest BCUT2D eigenvalue weighted by Gasteiger charge is 2.17. The summed E-state index contributed by atoms with van der Waals surface area (Å²) in [5, 5.41) is 6.12. The number of methoxy groups -OCH3 is 1. The maximum atomic E-state index is 14.4. The number of halogens is 3. The Labute approximate surface area is 194 Å². The lowest BCUT2D eigenvalue weighted by molar-refractivity contribution is -0.114. The third kappa shape index (κ3) is 5.37. The number of ether oxygens (including phenoxy) is 1. The number of hydrogen-bond donors (Lipinski definition) is 2. The quantitative estimate of drug-likeness (QED) is 0.467. The van der Waals surface area contributed by atoms with Gasteiger partial charge in [-0.05, 0) is 56.3 Å². The Bertz CT molecular complexity index is 1210. The first-order valence-electron chi connectivity index (χ1n) is 10.4. The summed E-state index contributed by atoms with van der Waals surface area (Å²) in [5.74, 6) is -1.57. The van der Waals surface area contributed by atoms with Crippen LogP contribution in [-0.4, -0.2) is 47.5 Å². The fraction of sp³-hybridized carbons (Fsp3) is 0.261. The number of aromatic nitrogens is 2. The second kappa shape index (κ2) is 10.1. The molecule has 0 aliphatic carbocycles. The second-order valence-corrected chi connectivity index (χ2v) is 7.97. The van der Waals surface area contributed by atoms with E-state index in [4.69, 9.17) is 16.3 Å². The van der Waals surface area contributed by atoms with E-state index in [1.807, 2.05) is 0 Å². The number of carbonyl (C=O) groups is 1. The van der Waals surface area contributed by atoms with Gasteiger partial charge in [-0.2, -0.15) is 0 Å². The lowest BCUT2D eigenvalue weighted by atomic mass is 10.1. The summed E-state index contributed by atoms with van der Waals surface area (Å²) in [4.78, 5) is 23.0. The summed E-state index contributed by atoms with van der Waals surface area (Å²) in [6.45, 7) is 2.19. The topological polar surface area (TPSA) is 79.4 Å². The summed E-state index contributed by atoms with van der Waals surface area (Å²) in [5.41, 5.74) is 1.30. The van der Waals surface area contributed by atoms with E-state index < -0.39 is 17.6 Å². The molecule has 0 unspecified atom stereocenters. The molecule has 172 valence electrons. The molecule has 2 heterocycles. The Morgan fingerprint density at radius 2 is 2.03 bits per heavy atom. The van der Waals surface area contributed by atoms with Gasteiger partial charge in [-0.1, -0.05) is 11.6 Å². The van der Waals surface area contributed by atoms with Gasteiger partial charge in [-0.25, -0.2) is 18.7 Å². The third-order valence-corrected chi connectivity index (χ3v) is 5.62. The van der Waals surface area contributed by atoms with E-state index >= 15 is 0 Å². The number of amides is 1. The van der Waals surface area contributed by atoms with Crippen LogP contribution in [0.25, 0.3) is 10.9 Å². The van der Waals surface area contributed by atoms with Crippen LogP contribution in [0.1, 0.15) is 12.8 Å². The molecule has 1 fully saturated rings. The van der Waals surface area contributed by atoms with Crippen molar-refractivity contribution in [1.29, 1.82) is 0 Å². The molecule has 2 N–H and O–H groups in total. The maximum Gasteiger partial charge on any atom is 0.284 e. The Hall–Kier alpha value is -3.30. The second-order valence-electron chi connectivity index (χ2n) is 7.56. The smallest absolute Gasteiger partial charge is 0.284 e. The summed E-state index contributed by atoms with van der Waals surface area (Å²) in [6.07, 6.45) is 4.80. The SMILES string of the molecule is COc1cc2ncnc(Nc3ccc(F)c(Cl)c3)c2cc1NC(=O)C(F)=CCN1CCCC1. The molecule has 1 aromatic heterocycles. The van der Waals surface area contributed by atoms with E-state index in [1.165, 1.54) is 37.7 Å². The highest BCUT2D eigenvalue weighted by Crippen LogP contribution is 2.33. The molecule has 1 aliphatic rings. The van der Waals surface area contributed by atoms with Crippen LogP contribution in [0.4, 0.5) is 26.0 Å². The van der Waals surface area contributed by atoms with Gasteiger partial charge in [0.25, 0.3) is 5.91 Å². The van der Waals surface area contributed by atoms with Crippen molar-refractivity contribution in [3.63, 3.8) is 0 Å². The van der Waals surface area contributed by atoms with Crippen molar-refractivity contribution in [3.05, 3.63) is 59.4 Å². The van der Waals surface area contributed by atoms with Crippen LogP contribution in [0, 0.1) is 5.82 Å². The van der Waals surface area contributed by atoms with Gasteiger partial charge in [0.05, 0.1) is 23.3 Å². The number of carbonyl (C=O) groups excluding carboxylic acids is 1. The minimum atomic E-state index is -0.872. The number of fused-ring (bicyclic) bond motifs is 1. The first kappa shape index (κ1) is 22.9. The molecule has 0 spiro atoms. The van der Waals surface area contributed by atoms with E-state index in [2.05, 4.69) is 25.5 Å². The van der Waals surface area contributed by atoms with Crippen LogP contribution in [-0.2, 0) is 4.79 Å². The molecule has 2 aromatic carbocycles. The fourth-order valence-corrected chi connectivity index (χ4v) is 3.79. The molecule has 0 atom stereocenters. The molecule has 1 aliphatic heterocycles. The van der Waals surface area contributed by atoms with Gasteiger partial charge in [-0.3, -0.25) is 9.69 Å². The van der Waals surface area contributed by atoms with Crippen LogP contribution in [0.2, 0.25) is 5.02 Å². The van der Waals surface area contributed by atoms with E-state index in [0.29, 0.717) is 34.7 Å². The molecule has 1 amide bonds. The van der Waals surface area contributed by atoms with Crippen molar-refractivity contribution in [2.24, 2.45) is 0 Å². The molecule has 33 heavy (non-hydrogen) atoms. The van der Waals surface area contributed by atoms with E-state index in [0.717, 1.165) is 25.9 Å². The summed E-state index contributed by atoms with van der Waals surface area (Å²) in [7, 11) is 1.44. The van der Waals surface area contributed by atoms with Gasteiger partial charge < -0.3 is 15.4 Å². The van der Waals surface area contributed by atoms with E-state index in [1.54, 1.807) is 12.1 Å².